The minimum atomic E-state index is -0.471. The van der Waals surface area contributed by atoms with Crippen molar-refractivity contribution in [2.45, 2.75) is 0 Å². The van der Waals surface area contributed by atoms with Crippen molar-refractivity contribution in [3.05, 3.63) is 82.9 Å². The highest BCUT2D eigenvalue weighted by Crippen LogP contribution is 2.21. The zero-order valence-corrected chi connectivity index (χ0v) is 28.8. The van der Waals surface area contributed by atoms with Crippen LogP contribution in [-0.4, -0.2) is 73.7 Å². The minimum absolute atomic E-state index is 0.146. The summed E-state index contributed by atoms with van der Waals surface area (Å²) in [5, 5.41) is 20.2. The van der Waals surface area contributed by atoms with Crippen molar-refractivity contribution in [2.75, 3.05) is 40.9 Å². The third kappa shape index (κ3) is 9.14. The Morgan fingerprint density at radius 2 is 1.04 bits per heavy atom. The lowest BCUT2D eigenvalue weighted by Crippen LogP contribution is -2.33. The summed E-state index contributed by atoms with van der Waals surface area (Å²) in [5.74, 6) is 2.93. The van der Waals surface area contributed by atoms with Crippen LogP contribution in [0.2, 0.25) is 0 Å². The van der Waals surface area contributed by atoms with E-state index in [9.17, 15) is 24.0 Å². The molecule has 0 spiro atoms. The maximum Gasteiger partial charge on any atom is 0.272 e. The van der Waals surface area contributed by atoms with Gasteiger partial charge < -0.3 is 56.0 Å². The van der Waals surface area contributed by atoms with Crippen molar-refractivity contribution >= 4 is 74.4 Å². The van der Waals surface area contributed by atoms with Crippen LogP contribution in [0, 0.1) is 0 Å². The van der Waals surface area contributed by atoms with E-state index in [-0.39, 0.29) is 27.5 Å². The maximum absolute atomic E-state index is 13.2. The number of amides is 5. The van der Waals surface area contributed by atoms with Crippen molar-refractivity contribution in [3.8, 4) is 0 Å². The largest absolute Gasteiger partial charge is 0.349 e. The Hall–Kier alpha value is -5.88. The number of hydrazone groups is 1. The molecule has 5 amide bonds. The first-order chi connectivity index (χ1) is 23.3. The fraction of sp³-hybridized carbons (Fsp3) is 0.226. The van der Waals surface area contributed by atoms with Gasteiger partial charge in [0.1, 0.15) is 22.8 Å². The van der Waals surface area contributed by atoms with Crippen LogP contribution in [0.4, 0.5) is 22.7 Å². The smallest absolute Gasteiger partial charge is 0.272 e. The Bertz CT molecular complexity index is 1950. The highest BCUT2D eigenvalue weighted by Gasteiger charge is 2.20. The van der Waals surface area contributed by atoms with Crippen LogP contribution >= 0.6 is 15.9 Å². The third-order valence-electron chi connectivity index (χ3n) is 7.16. The molecular formula is C31H37BrN12O5. The van der Waals surface area contributed by atoms with Crippen molar-refractivity contribution < 1.29 is 24.0 Å². The fourth-order valence-electron chi connectivity index (χ4n) is 4.79. The van der Waals surface area contributed by atoms with Gasteiger partial charge in [0.2, 0.25) is 0 Å². The Kier molecular flexibility index (Phi) is 11.6. The lowest BCUT2D eigenvalue weighted by molar-refractivity contribution is -0.112. The van der Waals surface area contributed by atoms with Gasteiger partial charge in [-0.15, -0.1) is 0 Å². The molecular weight excluding hydrogens is 700 g/mol. The molecule has 0 aliphatic carbocycles. The van der Waals surface area contributed by atoms with E-state index in [4.69, 9.17) is 5.84 Å². The van der Waals surface area contributed by atoms with Crippen LogP contribution in [-0.2, 0) is 33.0 Å². The molecule has 0 aliphatic rings. The zero-order chi connectivity index (χ0) is 35.8. The lowest BCUT2D eigenvalue weighted by Gasteiger charge is -2.06. The van der Waals surface area contributed by atoms with Gasteiger partial charge in [-0.25, -0.2) is 0 Å². The average molecular weight is 738 g/mol. The molecule has 0 saturated heterocycles. The number of carbonyl (C=O) groups excluding carboxylic acids is 5. The quantitative estimate of drug-likeness (QED) is 0.0335. The monoisotopic (exact) mass is 736 g/mol. The molecule has 4 aromatic rings. The predicted molar refractivity (Wildman–Crippen MR) is 190 cm³/mol. The first kappa shape index (κ1) is 36.0. The third-order valence-corrected chi connectivity index (χ3v) is 7.52. The van der Waals surface area contributed by atoms with E-state index in [1.165, 1.54) is 24.4 Å². The van der Waals surface area contributed by atoms with E-state index < -0.39 is 23.6 Å². The van der Waals surface area contributed by atoms with Crippen LogP contribution in [0.1, 0.15) is 42.0 Å². The number of hydrogen-bond acceptors (Lipinski definition) is 8. The molecule has 0 aliphatic heterocycles. The van der Waals surface area contributed by atoms with Gasteiger partial charge in [-0.1, -0.05) is 6.58 Å². The summed E-state index contributed by atoms with van der Waals surface area (Å²) >= 11 is 3.01. The van der Waals surface area contributed by atoms with Crippen LogP contribution < -0.4 is 37.7 Å². The van der Waals surface area contributed by atoms with Crippen molar-refractivity contribution in [1.82, 2.24) is 28.9 Å². The molecule has 0 radical (unpaired) electrons. The number of nitrogens with zero attached hydrogens (tertiary/aromatic N) is 5. The van der Waals surface area contributed by atoms with Gasteiger partial charge in [0.25, 0.3) is 29.5 Å². The molecule has 49 heavy (non-hydrogen) atoms. The van der Waals surface area contributed by atoms with E-state index in [0.29, 0.717) is 48.1 Å². The first-order valence-corrected chi connectivity index (χ1v) is 15.5. The van der Waals surface area contributed by atoms with E-state index in [0.717, 1.165) is 0 Å². The summed E-state index contributed by atoms with van der Waals surface area (Å²) in [4.78, 5) is 63.8. The highest BCUT2D eigenvalue weighted by atomic mass is 79.9. The number of nitrogens with one attached hydrogen (secondary N) is 6. The van der Waals surface area contributed by atoms with Gasteiger partial charge in [0, 0.05) is 78.8 Å². The molecule has 18 heteroatoms. The lowest BCUT2D eigenvalue weighted by atomic mass is 10.3. The molecule has 0 atom stereocenters. The second-order valence-electron chi connectivity index (χ2n) is 10.9. The van der Waals surface area contributed by atoms with Crippen molar-refractivity contribution in [2.24, 2.45) is 39.1 Å². The molecule has 258 valence electrons. The highest BCUT2D eigenvalue weighted by molar-refractivity contribution is 9.12. The molecule has 0 fully saturated rings. The van der Waals surface area contributed by atoms with Gasteiger partial charge in [-0.2, -0.15) is 5.10 Å². The normalized spacial score (nSPS) is 11.0. The molecule has 0 unspecified atom stereocenters. The van der Waals surface area contributed by atoms with E-state index >= 15 is 0 Å². The number of anilines is 4. The molecule has 4 heterocycles. The molecule has 4 aromatic heterocycles. The number of carbonyl (C=O) groups is 5. The van der Waals surface area contributed by atoms with Gasteiger partial charge in [-0.05, 0) is 40.2 Å². The maximum atomic E-state index is 13.2. The van der Waals surface area contributed by atoms with E-state index in [2.05, 4.69) is 59.5 Å². The summed E-state index contributed by atoms with van der Waals surface area (Å²) < 4.78 is 6.42. The number of aromatic nitrogens is 4. The molecule has 8 N–H and O–H groups in total. The van der Waals surface area contributed by atoms with Gasteiger partial charge >= 0.3 is 0 Å². The van der Waals surface area contributed by atoms with Gasteiger partial charge in [0.15, 0.2) is 0 Å². The van der Waals surface area contributed by atoms with Crippen molar-refractivity contribution in [3.63, 3.8) is 0 Å². The van der Waals surface area contributed by atoms with Crippen LogP contribution in [0.3, 0.4) is 0 Å². The molecule has 0 aromatic carbocycles. The number of nitrogens with two attached hydrogens (primary N) is 1. The van der Waals surface area contributed by atoms with Gasteiger partial charge in [-0.3, -0.25) is 24.0 Å². The van der Waals surface area contributed by atoms with Crippen LogP contribution in [0.15, 0.2) is 65.2 Å². The Labute approximate surface area is 289 Å². The Morgan fingerprint density at radius 1 is 0.673 bits per heavy atom. The van der Waals surface area contributed by atoms with Gasteiger partial charge in [0.05, 0.1) is 27.2 Å². The number of halogens is 1. The molecule has 0 bridgehead atoms. The average Bonchev–Trinajstić information content (AvgIpc) is 3.79. The summed E-state index contributed by atoms with van der Waals surface area (Å²) in [5.41, 5.74) is 2.70. The summed E-state index contributed by atoms with van der Waals surface area (Å²) in [7, 11) is 6.67. The van der Waals surface area contributed by atoms with E-state index in [1.807, 2.05) is 0 Å². The Morgan fingerprint density at radius 3 is 1.41 bits per heavy atom. The molecule has 17 nitrogen and oxygen atoms in total. The standard InChI is InChI=1S/C31H37BrN12O5/c1-18(32)27(45)37-19-11-24(42(3)14-19)29(47)39-21-13-26(44(5)16-21)31(49)40-22-12-25(43(4)17-22)30(48)38-20-10-23(41(2)15-20)28(46)35-8-6-34-7-9-36-33/h9-17,34H,1,6-8,33H2,2-5H3,(H,35,46)(H,37,45)(H,38,48)(H,39,47)(H,40,49). The summed E-state index contributed by atoms with van der Waals surface area (Å²) in [6, 6.07) is 6.12. The molecule has 4 rings (SSSR count). The zero-order valence-electron chi connectivity index (χ0n) is 27.3. The van der Waals surface area contributed by atoms with Crippen LogP contribution in [0.5, 0.6) is 0 Å². The second-order valence-corrected chi connectivity index (χ2v) is 11.9. The summed E-state index contributed by atoms with van der Waals surface area (Å²) in [6.45, 7) is 4.91. The summed E-state index contributed by atoms with van der Waals surface area (Å²) in [6.07, 6.45) is 7.89. The Balaban J connectivity index is 1.35. The number of rotatable bonds is 14. The SMILES string of the molecule is C=C(Br)C(=O)Nc1cc(C(=O)Nc2cc(C(=O)Nc3cc(C(=O)Nc4cc(C(=O)NCCNCC=NN)n(C)c4)n(C)c3)n(C)c2)n(C)c1. The second kappa shape index (κ2) is 15.8. The minimum Gasteiger partial charge on any atom is -0.349 e. The molecule has 0 saturated carbocycles. The van der Waals surface area contributed by atoms with E-state index in [1.54, 1.807) is 77.3 Å². The number of hydrogen-bond donors (Lipinski definition) is 7. The van der Waals surface area contributed by atoms with Crippen LogP contribution in [0.25, 0.3) is 0 Å². The number of aryl methyl sites for hydroxylation is 4. The predicted octanol–water partition coefficient (Wildman–Crippen LogP) is 1.91. The first-order valence-electron chi connectivity index (χ1n) is 14.7. The van der Waals surface area contributed by atoms with Crippen molar-refractivity contribution in [1.29, 1.82) is 0 Å². The fourth-order valence-corrected chi connectivity index (χ4v) is 4.89. The topological polar surface area (TPSA) is 216 Å².